The molecule has 0 saturated carbocycles. The highest BCUT2D eigenvalue weighted by Crippen LogP contribution is 2.24. The van der Waals surface area contributed by atoms with E-state index in [2.05, 4.69) is 9.71 Å². The number of hydrogen-bond acceptors (Lipinski definition) is 3. The Labute approximate surface area is 158 Å². The molecule has 0 amide bonds. The molecule has 4 aromatic rings. The summed E-state index contributed by atoms with van der Waals surface area (Å²) in [5.41, 5.74) is 4.77. The molecule has 2 aromatic carbocycles. The fraction of sp³-hybridized carbons (Fsp3) is 0.0952. The predicted octanol–water partition coefficient (Wildman–Crippen LogP) is 4.42. The quantitative estimate of drug-likeness (QED) is 0.573. The van der Waals surface area contributed by atoms with E-state index in [0.29, 0.717) is 10.6 Å². The molecule has 0 saturated heterocycles. The summed E-state index contributed by atoms with van der Waals surface area (Å²) in [6, 6.07) is 18.5. The van der Waals surface area contributed by atoms with Gasteiger partial charge in [0.25, 0.3) is 10.0 Å². The number of sulfonamides is 1. The molecule has 5 nitrogen and oxygen atoms in total. The number of nitrogens with zero attached hydrogens (tertiary/aromatic N) is 2. The van der Waals surface area contributed by atoms with Crippen LogP contribution in [0.3, 0.4) is 0 Å². The first-order valence-electron chi connectivity index (χ1n) is 8.57. The number of fused-ring (bicyclic) bond motifs is 1. The Morgan fingerprint density at radius 3 is 2.48 bits per heavy atom. The molecule has 0 radical (unpaired) electrons. The van der Waals surface area contributed by atoms with Gasteiger partial charge in [0.2, 0.25) is 0 Å². The average Bonchev–Trinajstić information content (AvgIpc) is 3.08. The van der Waals surface area contributed by atoms with Crippen LogP contribution < -0.4 is 4.72 Å². The molecule has 0 aliphatic carbocycles. The van der Waals surface area contributed by atoms with Crippen LogP contribution in [0.4, 0.5) is 5.69 Å². The molecule has 0 spiro atoms. The lowest BCUT2D eigenvalue weighted by molar-refractivity contribution is 0.600. The van der Waals surface area contributed by atoms with Crippen molar-refractivity contribution < 1.29 is 8.42 Å². The van der Waals surface area contributed by atoms with Gasteiger partial charge in [-0.3, -0.25) is 4.72 Å². The molecule has 0 atom stereocenters. The van der Waals surface area contributed by atoms with E-state index >= 15 is 0 Å². The van der Waals surface area contributed by atoms with Crippen LogP contribution in [-0.2, 0) is 10.0 Å². The Hall–Kier alpha value is -3.12. The summed E-state index contributed by atoms with van der Waals surface area (Å²) in [5, 5.41) is 0. The van der Waals surface area contributed by atoms with Crippen molar-refractivity contribution in [2.75, 3.05) is 4.72 Å². The molecule has 0 bridgehead atoms. The Kier molecular flexibility index (Phi) is 4.20. The minimum absolute atomic E-state index is 0.298. The van der Waals surface area contributed by atoms with Gasteiger partial charge in [-0.05, 0) is 55.3 Å². The number of benzene rings is 2. The summed E-state index contributed by atoms with van der Waals surface area (Å²) in [4.78, 5) is 4.88. The molecule has 0 aliphatic heterocycles. The van der Waals surface area contributed by atoms with Gasteiger partial charge in [-0.2, -0.15) is 0 Å². The van der Waals surface area contributed by atoms with Crippen molar-refractivity contribution in [3.8, 4) is 11.3 Å². The number of imidazole rings is 1. The zero-order valence-corrected chi connectivity index (χ0v) is 15.9. The highest BCUT2D eigenvalue weighted by Gasteiger charge is 2.17. The molecule has 1 N–H and O–H groups in total. The van der Waals surface area contributed by atoms with Gasteiger partial charge in [-0.15, -0.1) is 0 Å². The number of nitrogens with one attached hydrogen (secondary N) is 1. The van der Waals surface area contributed by atoms with E-state index < -0.39 is 10.0 Å². The van der Waals surface area contributed by atoms with E-state index in [4.69, 9.17) is 0 Å². The summed E-state index contributed by atoms with van der Waals surface area (Å²) in [7, 11) is -3.63. The lowest BCUT2D eigenvalue weighted by atomic mass is 10.1. The van der Waals surface area contributed by atoms with Crippen LogP contribution in [0.15, 0.2) is 78.0 Å². The number of pyridine rings is 1. The van der Waals surface area contributed by atoms with Crippen LogP contribution in [0.25, 0.3) is 16.9 Å². The van der Waals surface area contributed by atoms with Gasteiger partial charge in [0.1, 0.15) is 5.65 Å². The SMILES string of the molecule is Cc1ccc(C)c(S(=O)(=O)Nc2ccc(-c3cn4ccccc4n3)cc2)c1. The molecule has 0 unspecified atom stereocenters. The Balaban J connectivity index is 1.61. The second kappa shape index (κ2) is 6.55. The third-order valence-electron chi connectivity index (χ3n) is 4.43. The second-order valence-electron chi connectivity index (χ2n) is 6.54. The standard InChI is InChI=1S/C21H19N3O2S/c1-15-6-7-16(2)20(13-15)27(25,26)23-18-10-8-17(9-11-18)19-14-24-12-4-3-5-21(24)22-19/h3-14,23H,1-2H3. The Morgan fingerprint density at radius 1 is 0.963 bits per heavy atom. The largest absolute Gasteiger partial charge is 0.306 e. The number of anilines is 1. The number of rotatable bonds is 4. The summed E-state index contributed by atoms with van der Waals surface area (Å²) in [6.45, 7) is 3.67. The average molecular weight is 377 g/mol. The first-order chi connectivity index (χ1) is 12.9. The molecule has 2 aromatic heterocycles. The molecule has 4 rings (SSSR count). The van der Waals surface area contributed by atoms with Crippen molar-refractivity contribution in [3.05, 3.63) is 84.2 Å². The lowest BCUT2D eigenvalue weighted by Crippen LogP contribution is -2.14. The third kappa shape index (κ3) is 3.44. The van der Waals surface area contributed by atoms with E-state index in [1.54, 1.807) is 25.1 Å². The van der Waals surface area contributed by atoms with Crippen molar-refractivity contribution in [1.82, 2.24) is 9.38 Å². The molecule has 2 heterocycles. The number of aryl methyl sites for hydroxylation is 2. The van der Waals surface area contributed by atoms with Crippen LogP contribution in [-0.4, -0.2) is 17.8 Å². The van der Waals surface area contributed by atoms with E-state index in [0.717, 1.165) is 28.0 Å². The summed E-state index contributed by atoms with van der Waals surface area (Å²) in [6.07, 6.45) is 3.89. The fourth-order valence-corrected chi connectivity index (χ4v) is 4.38. The van der Waals surface area contributed by atoms with E-state index in [-0.39, 0.29) is 0 Å². The molecule has 0 fully saturated rings. The normalized spacial score (nSPS) is 11.6. The van der Waals surface area contributed by atoms with Crippen LogP contribution in [0.2, 0.25) is 0 Å². The van der Waals surface area contributed by atoms with Crippen LogP contribution in [0, 0.1) is 13.8 Å². The monoisotopic (exact) mass is 377 g/mol. The predicted molar refractivity (Wildman–Crippen MR) is 107 cm³/mol. The minimum Gasteiger partial charge on any atom is -0.306 e. The minimum atomic E-state index is -3.63. The fourth-order valence-electron chi connectivity index (χ4n) is 2.99. The maximum absolute atomic E-state index is 12.7. The van der Waals surface area contributed by atoms with E-state index in [1.807, 2.05) is 66.2 Å². The molecule has 27 heavy (non-hydrogen) atoms. The molecule has 6 heteroatoms. The van der Waals surface area contributed by atoms with Gasteiger partial charge in [0.05, 0.1) is 10.6 Å². The van der Waals surface area contributed by atoms with E-state index in [1.165, 1.54) is 0 Å². The second-order valence-corrected chi connectivity index (χ2v) is 8.19. The van der Waals surface area contributed by atoms with Gasteiger partial charge in [-0.25, -0.2) is 13.4 Å². The van der Waals surface area contributed by atoms with Crippen molar-refractivity contribution in [3.63, 3.8) is 0 Å². The molecular formula is C21H19N3O2S. The van der Waals surface area contributed by atoms with Gasteiger partial charge < -0.3 is 4.40 Å². The Bertz CT molecular complexity index is 1190. The van der Waals surface area contributed by atoms with Crippen LogP contribution in [0.5, 0.6) is 0 Å². The van der Waals surface area contributed by atoms with Crippen LogP contribution >= 0.6 is 0 Å². The maximum Gasteiger partial charge on any atom is 0.262 e. The molecule has 0 aliphatic rings. The maximum atomic E-state index is 12.7. The van der Waals surface area contributed by atoms with Gasteiger partial charge in [-0.1, -0.05) is 30.3 Å². The highest BCUT2D eigenvalue weighted by atomic mass is 32.2. The van der Waals surface area contributed by atoms with Gasteiger partial charge in [0, 0.05) is 23.6 Å². The molecule has 136 valence electrons. The van der Waals surface area contributed by atoms with Crippen LogP contribution in [0.1, 0.15) is 11.1 Å². The zero-order chi connectivity index (χ0) is 19.0. The summed E-state index contributed by atoms with van der Waals surface area (Å²) in [5.74, 6) is 0. The van der Waals surface area contributed by atoms with Gasteiger partial charge in [0.15, 0.2) is 0 Å². The summed E-state index contributed by atoms with van der Waals surface area (Å²) < 4.78 is 30.0. The number of hydrogen-bond donors (Lipinski definition) is 1. The van der Waals surface area contributed by atoms with E-state index in [9.17, 15) is 8.42 Å². The van der Waals surface area contributed by atoms with Gasteiger partial charge >= 0.3 is 0 Å². The third-order valence-corrected chi connectivity index (χ3v) is 5.95. The van der Waals surface area contributed by atoms with Crippen molar-refractivity contribution in [2.45, 2.75) is 18.7 Å². The highest BCUT2D eigenvalue weighted by molar-refractivity contribution is 7.92. The topological polar surface area (TPSA) is 63.5 Å². The molecular weight excluding hydrogens is 358 g/mol. The Morgan fingerprint density at radius 2 is 1.74 bits per heavy atom. The zero-order valence-electron chi connectivity index (χ0n) is 15.0. The van der Waals surface area contributed by atoms with Crippen molar-refractivity contribution in [2.24, 2.45) is 0 Å². The summed E-state index contributed by atoms with van der Waals surface area (Å²) >= 11 is 0. The van der Waals surface area contributed by atoms with Crippen molar-refractivity contribution >= 4 is 21.4 Å². The van der Waals surface area contributed by atoms with Crippen molar-refractivity contribution in [1.29, 1.82) is 0 Å². The first-order valence-corrected chi connectivity index (χ1v) is 10.0. The lowest BCUT2D eigenvalue weighted by Gasteiger charge is -2.11. The number of aromatic nitrogens is 2. The smallest absolute Gasteiger partial charge is 0.262 e. The first kappa shape index (κ1) is 17.3.